The Morgan fingerprint density at radius 3 is 3.11 bits per heavy atom. The van der Waals surface area contributed by atoms with Gasteiger partial charge in [0.15, 0.2) is 10.7 Å². The summed E-state index contributed by atoms with van der Waals surface area (Å²) in [6.45, 7) is 1.98. The van der Waals surface area contributed by atoms with Gasteiger partial charge in [-0.3, -0.25) is 9.20 Å². The third kappa shape index (κ3) is 2.35. The van der Waals surface area contributed by atoms with E-state index in [1.807, 2.05) is 47.3 Å². The second kappa shape index (κ2) is 4.90. The minimum atomic E-state index is 0.0846. The molecular formula is C14H11BrN2OS. The first-order valence-electron chi connectivity index (χ1n) is 5.84. The van der Waals surface area contributed by atoms with Crippen molar-refractivity contribution in [2.45, 2.75) is 13.3 Å². The van der Waals surface area contributed by atoms with E-state index < -0.39 is 0 Å². The number of thiazole rings is 1. The lowest BCUT2D eigenvalue weighted by Crippen LogP contribution is -2.05. The molecule has 3 aromatic rings. The van der Waals surface area contributed by atoms with E-state index in [0.717, 1.165) is 26.3 Å². The topological polar surface area (TPSA) is 34.4 Å². The van der Waals surface area contributed by atoms with Crippen molar-refractivity contribution in [3.05, 3.63) is 57.3 Å². The fourth-order valence-corrected chi connectivity index (χ4v) is 3.19. The average Bonchev–Trinajstić information content (AvgIpc) is 2.93. The smallest absolute Gasteiger partial charge is 0.193 e. The normalized spacial score (nSPS) is 11.1. The van der Waals surface area contributed by atoms with Gasteiger partial charge in [-0.2, -0.15) is 0 Å². The van der Waals surface area contributed by atoms with Gasteiger partial charge in [-0.05, 0) is 28.4 Å². The molecule has 96 valence electrons. The van der Waals surface area contributed by atoms with Crippen LogP contribution in [0.3, 0.4) is 0 Å². The highest BCUT2D eigenvalue weighted by Gasteiger charge is 2.14. The van der Waals surface area contributed by atoms with Crippen LogP contribution in [0.4, 0.5) is 0 Å². The van der Waals surface area contributed by atoms with E-state index in [1.54, 1.807) is 11.3 Å². The molecule has 0 N–H and O–H groups in total. The monoisotopic (exact) mass is 334 g/mol. The number of benzene rings is 1. The molecule has 0 saturated carbocycles. The first kappa shape index (κ1) is 12.6. The number of nitrogens with zero attached hydrogens (tertiary/aromatic N) is 2. The SMILES string of the molecule is Cc1cccc(C(=O)Cc2cn3ccsc3n2)c1Br. The molecule has 0 amide bonds. The number of fused-ring (bicyclic) bond motifs is 1. The summed E-state index contributed by atoms with van der Waals surface area (Å²) in [5, 5.41) is 1.98. The molecule has 0 aliphatic heterocycles. The molecule has 1 aromatic carbocycles. The fraction of sp³-hybridized carbons (Fsp3) is 0.143. The molecule has 3 rings (SSSR count). The van der Waals surface area contributed by atoms with Crippen molar-refractivity contribution in [3.8, 4) is 0 Å². The fourth-order valence-electron chi connectivity index (χ4n) is 1.98. The number of Topliss-reactive ketones (excluding diaryl/α,β-unsaturated/α-hetero) is 1. The Labute approximate surface area is 123 Å². The molecule has 0 aliphatic carbocycles. The number of carbonyl (C=O) groups excluding carboxylic acids is 1. The standard InChI is InChI=1S/C14H11BrN2OS/c1-9-3-2-4-11(13(9)15)12(18)7-10-8-17-5-6-19-14(17)16-10/h2-6,8H,7H2,1H3. The van der Waals surface area contributed by atoms with Crippen LogP contribution in [0.25, 0.3) is 4.96 Å². The molecule has 19 heavy (non-hydrogen) atoms. The highest BCUT2D eigenvalue weighted by molar-refractivity contribution is 9.10. The van der Waals surface area contributed by atoms with Crippen molar-refractivity contribution in [1.82, 2.24) is 9.38 Å². The van der Waals surface area contributed by atoms with E-state index in [4.69, 9.17) is 0 Å². The van der Waals surface area contributed by atoms with Gasteiger partial charge in [0.2, 0.25) is 0 Å². The molecule has 0 aliphatic rings. The van der Waals surface area contributed by atoms with Crippen LogP contribution in [0.15, 0.2) is 40.4 Å². The largest absolute Gasteiger partial charge is 0.297 e. The molecule has 2 heterocycles. The second-order valence-electron chi connectivity index (χ2n) is 4.36. The molecule has 0 bridgehead atoms. The maximum atomic E-state index is 12.3. The van der Waals surface area contributed by atoms with Crippen molar-refractivity contribution in [3.63, 3.8) is 0 Å². The van der Waals surface area contributed by atoms with Gasteiger partial charge in [0.25, 0.3) is 0 Å². The van der Waals surface area contributed by atoms with Crippen LogP contribution in [0.5, 0.6) is 0 Å². The molecule has 2 aromatic heterocycles. The van der Waals surface area contributed by atoms with E-state index in [2.05, 4.69) is 20.9 Å². The minimum Gasteiger partial charge on any atom is -0.297 e. The van der Waals surface area contributed by atoms with Crippen molar-refractivity contribution in [2.24, 2.45) is 0 Å². The average molecular weight is 335 g/mol. The summed E-state index contributed by atoms with van der Waals surface area (Å²) < 4.78 is 2.82. The summed E-state index contributed by atoms with van der Waals surface area (Å²) in [6.07, 6.45) is 4.19. The third-order valence-electron chi connectivity index (χ3n) is 2.98. The van der Waals surface area contributed by atoms with E-state index in [-0.39, 0.29) is 5.78 Å². The summed E-state index contributed by atoms with van der Waals surface area (Å²) in [7, 11) is 0. The first-order valence-corrected chi connectivity index (χ1v) is 7.52. The Hall–Kier alpha value is -1.46. The molecule has 0 spiro atoms. The number of halogens is 1. The summed E-state index contributed by atoms with van der Waals surface area (Å²) in [6, 6.07) is 5.73. The van der Waals surface area contributed by atoms with Gasteiger partial charge >= 0.3 is 0 Å². The number of rotatable bonds is 3. The third-order valence-corrected chi connectivity index (χ3v) is 4.80. The number of hydrogen-bond acceptors (Lipinski definition) is 3. The van der Waals surface area contributed by atoms with Crippen molar-refractivity contribution >= 4 is 38.0 Å². The van der Waals surface area contributed by atoms with Gasteiger partial charge in [-0.25, -0.2) is 4.98 Å². The van der Waals surface area contributed by atoms with Crippen LogP contribution in [-0.2, 0) is 6.42 Å². The Morgan fingerprint density at radius 2 is 2.32 bits per heavy atom. The predicted molar refractivity (Wildman–Crippen MR) is 80.0 cm³/mol. The van der Waals surface area contributed by atoms with Gasteiger partial charge in [-0.15, -0.1) is 11.3 Å². The number of aryl methyl sites for hydroxylation is 1. The molecule has 5 heteroatoms. The van der Waals surface area contributed by atoms with Gasteiger partial charge in [-0.1, -0.05) is 18.2 Å². The van der Waals surface area contributed by atoms with Crippen LogP contribution >= 0.6 is 27.3 Å². The first-order chi connectivity index (χ1) is 9.15. The van der Waals surface area contributed by atoms with E-state index >= 15 is 0 Å². The van der Waals surface area contributed by atoms with Crippen LogP contribution in [0.1, 0.15) is 21.6 Å². The number of aromatic nitrogens is 2. The number of hydrogen-bond donors (Lipinski definition) is 0. The molecule has 0 saturated heterocycles. The summed E-state index contributed by atoms with van der Waals surface area (Å²) in [5.41, 5.74) is 2.60. The van der Waals surface area contributed by atoms with Gasteiger partial charge in [0.1, 0.15) is 0 Å². The van der Waals surface area contributed by atoms with Crippen LogP contribution < -0.4 is 0 Å². The predicted octanol–water partition coefficient (Wildman–Crippen LogP) is 3.89. The van der Waals surface area contributed by atoms with Gasteiger partial charge < -0.3 is 0 Å². The lowest BCUT2D eigenvalue weighted by atomic mass is 10.0. The summed E-state index contributed by atoms with van der Waals surface area (Å²) in [5.74, 6) is 0.0846. The highest BCUT2D eigenvalue weighted by Crippen LogP contribution is 2.22. The zero-order valence-electron chi connectivity index (χ0n) is 10.3. The van der Waals surface area contributed by atoms with E-state index in [9.17, 15) is 4.79 Å². The lowest BCUT2D eigenvalue weighted by molar-refractivity contribution is 0.0991. The van der Waals surface area contributed by atoms with Crippen molar-refractivity contribution < 1.29 is 4.79 Å². The second-order valence-corrected chi connectivity index (χ2v) is 6.03. The highest BCUT2D eigenvalue weighted by atomic mass is 79.9. The Bertz CT molecular complexity index is 731. The lowest BCUT2D eigenvalue weighted by Gasteiger charge is -2.04. The van der Waals surface area contributed by atoms with E-state index in [1.165, 1.54) is 0 Å². The molecule has 0 radical (unpaired) electrons. The maximum Gasteiger partial charge on any atom is 0.193 e. The van der Waals surface area contributed by atoms with Crippen LogP contribution in [-0.4, -0.2) is 15.2 Å². The zero-order chi connectivity index (χ0) is 13.4. The maximum absolute atomic E-state index is 12.3. The Morgan fingerprint density at radius 1 is 1.47 bits per heavy atom. The van der Waals surface area contributed by atoms with Gasteiger partial charge in [0, 0.05) is 27.8 Å². The number of imidazole rings is 1. The van der Waals surface area contributed by atoms with E-state index in [0.29, 0.717) is 6.42 Å². The van der Waals surface area contributed by atoms with Crippen molar-refractivity contribution in [2.75, 3.05) is 0 Å². The molecule has 0 atom stereocenters. The molecule has 0 unspecified atom stereocenters. The summed E-state index contributed by atoms with van der Waals surface area (Å²) in [4.78, 5) is 17.7. The summed E-state index contributed by atoms with van der Waals surface area (Å²) >= 11 is 5.04. The Kier molecular flexibility index (Phi) is 3.24. The van der Waals surface area contributed by atoms with Crippen molar-refractivity contribution in [1.29, 1.82) is 0 Å². The minimum absolute atomic E-state index is 0.0846. The van der Waals surface area contributed by atoms with Crippen LogP contribution in [0, 0.1) is 6.92 Å². The molecule has 3 nitrogen and oxygen atoms in total. The van der Waals surface area contributed by atoms with Crippen LogP contribution in [0.2, 0.25) is 0 Å². The molecular weight excluding hydrogens is 324 g/mol. The quantitative estimate of drug-likeness (QED) is 0.681. The number of ketones is 1. The zero-order valence-corrected chi connectivity index (χ0v) is 12.7. The number of carbonyl (C=O) groups is 1. The Balaban J connectivity index is 1.88. The molecule has 0 fully saturated rings. The van der Waals surface area contributed by atoms with Gasteiger partial charge in [0.05, 0.1) is 12.1 Å².